The van der Waals surface area contributed by atoms with Crippen LogP contribution in [0.3, 0.4) is 0 Å². The Morgan fingerprint density at radius 2 is 1.97 bits per heavy atom. The van der Waals surface area contributed by atoms with Crippen molar-refractivity contribution in [1.82, 2.24) is 15.8 Å². The molecule has 0 radical (unpaired) electrons. The van der Waals surface area contributed by atoms with Gasteiger partial charge >= 0.3 is 0 Å². The van der Waals surface area contributed by atoms with Gasteiger partial charge in [-0.1, -0.05) is 49.3 Å². The highest BCUT2D eigenvalue weighted by Crippen LogP contribution is 2.33. The van der Waals surface area contributed by atoms with E-state index in [1.807, 2.05) is 6.07 Å². The molecule has 2 N–H and O–H groups in total. The van der Waals surface area contributed by atoms with E-state index in [0.717, 1.165) is 56.2 Å². The first-order valence-corrected chi connectivity index (χ1v) is 10.8. The number of hydrogen-bond donors (Lipinski definition) is 2. The van der Waals surface area contributed by atoms with Gasteiger partial charge in [0, 0.05) is 38.1 Å². The van der Waals surface area contributed by atoms with Crippen molar-refractivity contribution in [2.75, 3.05) is 20.2 Å². The molecule has 1 aromatic heterocycles. The molecule has 3 rings (SSSR count). The number of nitrogens with zero attached hydrogens (tertiary/aromatic N) is 2. The van der Waals surface area contributed by atoms with Gasteiger partial charge in [0.25, 0.3) is 0 Å². The second-order valence-electron chi connectivity index (χ2n) is 7.64. The van der Waals surface area contributed by atoms with Crippen LogP contribution < -0.4 is 10.6 Å². The predicted octanol–water partition coefficient (Wildman–Crippen LogP) is 5.03. The monoisotopic (exact) mass is 526 g/mol. The molecule has 2 heterocycles. The highest BCUT2D eigenvalue weighted by atomic mass is 127. The first kappa shape index (κ1) is 24.7. The van der Waals surface area contributed by atoms with Gasteiger partial charge in [0.1, 0.15) is 0 Å². The zero-order valence-electron chi connectivity index (χ0n) is 18.3. The van der Waals surface area contributed by atoms with Crippen LogP contribution in [-0.4, -0.2) is 31.3 Å². The van der Waals surface area contributed by atoms with Crippen LogP contribution in [0.5, 0.6) is 0 Å². The molecule has 1 aromatic carbocycles. The molecule has 30 heavy (non-hydrogen) atoms. The normalized spacial score (nSPS) is 19.4. The van der Waals surface area contributed by atoms with Crippen LogP contribution in [0.2, 0.25) is 0 Å². The van der Waals surface area contributed by atoms with Gasteiger partial charge in [0.15, 0.2) is 11.7 Å². The van der Waals surface area contributed by atoms with Crippen molar-refractivity contribution >= 4 is 29.9 Å². The summed E-state index contributed by atoms with van der Waals surface area (Å²) in [5.41, 5.74) is 2.29. The van der Waals surface area contributed by atoms with Crippen molar-refractivity contribution < 1.29 is 9.26 Å². The maximum Gasteiger partial charge on any atom is 0.191 e. The number of ether oxygens (including phenoxy) is 1. The molecule has 2 unspecified atom stereocenters. The minimum Gasteiger partial charge on any atom is -0.373 e. The van der Waals surface area contributed by atoms with E-state index in [1.165, 1.54) is 5.56 Å². The zero-order chi connectivity index (χ0) is 20.5. The third-order valence-corrected chi connectivity index (χ3v) is 5.74. The number of guanidine groups is 1. The minimum absolute atomic E-state index is 0. The first-order chi connectivity index (χ1) is 14.2. The van der Waals surface area contributed by atoms with Gasteiger partial charge in [-0.05, 0) is 31.2 Å². The average Bonchev–Trinajstić information content (AvgIpc) is 3.24. The Hall–Kier alpha value is -1.61. The lowest BCUT2D eigenvalue weighted by atomic mass is 9.89. The Morgan fingerprint density at radius 3 is 2.67 bits per heavy atom. The van der Waals surface area contributed by atoms with Crippen molar-refractivity contribution in [1.29, 1.82) is 0 Å². The molecule has 0 spiro atoms. The summed E-state index contributed by atoms with van der Waals surface area (Å²) in [7, 11) is 1.79. The fourth-order valence-electron chi connectivity index (χ4n) is 3.99. The molecule has 1 aliphatic heterocycles. The highest BCUT2D eigenvalue weighted by Gasteiger charge is 2.27. The van der Waals surface area contributed by atoms with Crippen LogP contribution in [0.1, 0.15) is 68.6 Å². The van der Waals surface area contributed by atoms with Crippen LogP contribution in [0, 0.1) is 5.92 Å². The number of aliphatic imine (C=N–C) groups is 1. The Balaban J connectivity index is 0.00000320. The van der Waals surface area contributed by atoms with Gasteiger partial charge in [-0.15, -0.1) is 24.0 Å². The minimum atomic E-state index is 0. The largest absolute Gasteiger partial charge is 0.373 e. The van der Waals surface area contributed by atoms with E-state index < -0.39 is 0 Å². The number of nitrogens with one attached hydrogen (secondary N) is 2. The topological polar surface area (TPSA) is 71.7 Å². The van der Waals surface area contributed by atoms with Crippen molar-refractivity contribution in [3.63, 3.8) is 0 Å². The van der Waals surface area contributed by atoms with E-state index in [9.17, 15) is 0 Å². The Kier molecular flexibility index (Phi) is 10.6. The summed E-state index contributed by atoms with van der Waals surface area (Å²) >= 11 is 0. The lowest BCUT2D eigenvalue weighted by Crippen LogP contribution is -2.41. The summed E-state index contributed by atoms with van der Waals surface area (Å²) in [5, 5.41) is 11.0. The quantitative estimate of drug-likeness (QED) is 0.287. The van der Waals surface area contributed by atoms with E-state index in [1.54, 1.807) is 7.05 Å². The number of halogens is 1. The Bertz CT molecular complexity index is 762. The molecule has 7 heteroatoms. The van der Waals surface area contributed by atoms with Crippen LogP contribution in [0.15, 0.2) is 45.9 Å². The lowest BCUT2D eigenvalue weighted by molar-refractivity contribution is -0.0265. The number of benzene rings is 1. The standard InChI is InChI=1S/C23H34N4O2.HI/c1-4-17(5-2)21-14-20(29-27-21)16-26-23(24-3)25-15-19-12-9-13-28-22(19)18-10-7-6-8-11-18;/h6-8,10-11,14,17,19,22H,4-5,9,12-13,15-16H2,1-3H3,(H2,24,25,26);1H. The molecule has 6 nitrogen and oxygen atoms in total. The smallest absolute Gasteiger partial charge is 0.191 e. The number of rotatable bonds is 8. The van der Waals surface area contributed by atoms with Crippen molar-refractivity contribution in [3.8, 4) is 0 Å². The fraction of sp³-hybridized carbons (Fsp3) is 0.565. The molecule has 166 valence electrons. The zero-order valence-corrected chi connectivity index (χ0v) is 20.6. The fourth-order valence-corrected chi connectivity index (χ4v) is 3.99. The van der Waals surface area contributed by atoms with Crippen LogP contribution in [0.4, 0.5) is 0 Å². The highest BCUT2D eigenvalue weighted by molar-refractivity contribution is 14.0. The molecule has 0 saturated carbocycles. The molecule has 0 bridgehead atoms. The van der Waals surface area contributed by atoms with Crippen molar-refractivity contribution in [3.05, 3.63) is 53.4 Å². The van der Waals surface area contributed by atoms with Crippen LogP contribution >= 0.6 is 24.0 Å². The molecule has 1 fully saturated rings. The molecule has 1 aliphatic rings. The summed E-state index contributed by atoms with van der Waals surface area (Å²) < 4.78 is 11.6. The summed E-state index contributed by atoms with van der Waals surface area (Å²) in [6.45, 7) is 6.58. The molecule has 2 aromatic rings. The average molecular weight is 526 g/mol. The lowest BCUT2D eigenvalue weighted by Gasteiger charge is -2.32. The molecule has 1 saturated heterocycles. The summed E-state index contributed by atoms with van der Waals surface area (Å²) in [4.78, 5) is 4.35. The maximum atomic E-state index is 6.09. The molecule has 2 atom stereocenters. The second-order valence-corrected chi connectivity index (χ2v) is 7.64. The van der Waals surface area contributed by atoms with E-state index in [4.69, 9.17) is 9.26 Å². The summed E-state index contributed by atoms with van der Waals surface area (Å²) in [5.74, 6) is 2.48. The van der Waals surface area contributed by atoms with E-state index in [0.29, 0.717) is 18.4 Å². The van der Waals surface area contributed by atoms with Gasteiger partial charge in [-0.2, -0.15) is 0 Å². The molecular formula is C23H35IN4O2. The van der Waals surface area contributed by atoms with Crippen molar-refractivity contribution in [2.24, 2.45) is 10.9 Å². The predicted molar refractivity (Wildman–Crippen MR) is 131 cm³/mol. The number of aromatic nitrogens is 1. The second kappa shape index (κ2) is 12.9. The van der Waals surface area contributed by atoms with Gasteiger partial charge in [0.05, 0.1) is 18.3 Å². The molecule has 0 amide bonds. The first-order valence-electron chi connectivity index (χ1n) is 10.8. The van der Waals surface area contributed by atoms with Crippen LogP contribution in [-0.2, 0) is 11.3 Å². The van der Waals surface area contributed by atoms with E-state index in [-0.39, 0.29) is 30.1 Å². The van der Waals surface area contributed by atoms with E-state index in [2.05, 4.69) is 65.0 Å². The Morgan fingerprint density at radius 1 is 1.20 bits per heavy atom. The SMILES string of the molecule is CCC(CC)c1cc(CNC(=NC)NCC2CCCOC2c2ccccc2)on1.I. The van der Waals surface area contributed by atoms with E-state index >= 15 is 0 Å². The van der Waals surface area contributed by atoms with Gasteiger partial charge in [0.2, 0.25) is 0 Å². The van der Waals surface area contributed by atoms with Gasteiger partial charge in [-0.25, -0.2) is 0 Å². The summed E-state index contributed by atoms with van der Waals surface area (Å²) in [6, 6.07) is 12.5. The third kappa shape index (κ3) is 6.70. The molecular weight excluding hydrogens is 491 g/mol. The number of hydrogen-bond acceptors (Lipinski definition) is 4. The third-order valence-electron chi connectivity index (χ3n) is 5.74. The summed E-state index contributed by atoms with van der Waals surface area (Å²) in [6.07, 6.45) is 4.52. The van der Waals surface area contributed by atoms with Crippen molar-refractivity contribution in [2.45, 2.75) is 58.1 Å². The molecule has 0 aliphatic carbocycles. The van der Waals surface area contributed by atoms with Gasteiger partial charge < -0.3 is 19.9 Å². The maximum absolute atomic E-state index is 6.09. The van der Waals surface area contributed by atoms with Crippen LogP contribution in [0.25, 0.3) is 0 Å². The van der Waals surface area contributed by atoms with Gasteiger partial charge in [-0.3, -0.25) is 4.99 Å². The Labute approximate surface area is 197 Å².